The van der Waals surface area contributed by atoms with Crippen molar-refractivity contribution >= 4 is 29.1 Å². The number of fused-ring (bicyclic) bond motifs is 1. The lowest BCUT2D eigenvalue weighted by molar-refractivity contribution is -0.145. The van der Waals surface area contributed by atoms with Gasteiger partial charge in [0.25, 0.3) is 5.91 Å². The third-order valence-electron chi connectivity index (χ3n) is 7.24. The number of aliphatic hydroxyl groups is 2. The van der Waals surface area contributed by atoms with E-state index >= 15 is 0 Å². The van der Waals surface area contributed by atoms with Crippen LogP contribution in [0, 0.1) is 0 Å². The average Bonchev–Trinajstić information content (AvgIpc) is 3.61. The highest BCUT2D eigenvalue weighted by Gasteiger charge is 2.42. The highest BCUT2D eigenvalue weighted by molar-refractivity contribution is 6.33. The topological polar surface area (TPSA) is 98.4 Å². The molecule has 1 aliphatic heterocycles. The number of nitrogens with zero attached hydrogens (tertiary/aromatic N) is 4. The summed E-state index contributed by atoms with van der Waals surface area (Å²) in [5.74, 6) is -1.10. The van der Waals surface area contributed by atoms with E-state index in [1.165, 1.54) is 11.1 Å². The van der Waals surface area contributed by atoms with Gasteiger partial charge in [0.2, 0.25) is 5.91 Å². The van der Waals surface area contributed by atoms with E-state index in [1.54, 1.807) is 4.90 Å². The summed E-state index contributed by atoms with van der Waals surface area (Å²) < 4.78 is 42.5. The summed E-state index contributed by atoms with van der Waals surface area (Å²) >= 11 is 6.38. The number of aliphatic hydroxyl groups excluding tert-OH is 2. The number of piperazine rings is 1. The van der Waals surface area contributed by atoms with Crippen LogP contribution in [0.2, 0.25) is 5.15 Å². The van der Waals surface area contributed by atoms with E-state index in [9.17, 15) is 33.0 Å². The minimum Gasteiger partial charge on any atom is -0.394 e. The fourth-order valence-electron chi connectivity index (χ4n) is 5.27. The number of amides is 2. The molecule has 190 valence electrons. The van der Waals surface area contributed by atoms with Gasteiger partial charge < -0.3 is 20.0 Å². The van der Waals surface area contributed by atoms with E-state index < -0.39 is 35.4 Å². The van der Waals surface area contributed by atoms with Crippen LogP contribution in [0.4, 0.5) is 13.2 Å². The highest BCUT2D eigenvalue weighted by Crippen LogP contribution is 2.43. The molecule has 2 amide bonds. The summed E-state index contributed by atoms with van der Waals surface area (Å²) in [5, 5.41) is 19.5. The largest absolute Gasteiger partial charge is 0.419 e. The van der Waals surface area contributed by atoms with Crippen molar-refractivity contribution in [3.05, 3.63) is 34.2 Å². The van der Waals surface area contributed by atoms with Crippen molar-refractivity contribution in [3.8, 4) is 0 Å². The Hall–Kier alpha value is -2.37. The number of hydrogen-bond acceptors (Lipinski definition) is 5. The minimum atomic E-state index is -4.68. The second-order valence-corrected chi connectivity index (χ2v) is 10.0. The van der Waals surface area contributed by atoms with E-state index in [4.69, 9.17) is 11.6 Å². The molecule has 2 saturated carbocycles. The van der Waals surface area contributed by atoms with Crippen LogP contribution in [0.5, 0.6) is 0 Å². The van der Waals surface area contributed by atoms with E-state index in [1.807, 2.05) is 0 Å². The van der Waals surface area contributed by atoms with E-state index in [0.717, 1.165) is 23.3 Å². The number of alkyl halides is 3. The maximum atomic E-state index is 13.8. The Labute approximate surface area is 204 Å². The number of rotatable bonds is 4. The third kappa shape index (κ3) is 4.49. The van der Waals surface area contributed by atoms with Gasteiger partial charge in [0, 0.05) is 18.8 Å². The Bertz CT molecular complexity index is 1160. The van der Waals surface area contributed by atoms with Gasteiger partial charge in [-0.05, 0) is 56.1 Å². The molecular formula is C23H26ClF3N4O4. The molecule has 3 heterocycles. The van der Waals surface area contributed by atoms with Gasteiger partial charge in [0.1, 0.15) is 11.7 Å². The normalized spacial score (nSPS) is 26.0. The van der Waals surface area contributed by atoms with Gasteiger partial charge in [-0.1, -0.05) is 11.6 Å². The Kier molecular flexibility index (Phi) is 6.21. The molecule has 0 radical (unpaired) electrons. The van der Waals surface area contributed by atoms with Crippen LogP contribution in [-0.4, -0.2) is 79.1 Å². The fourth-order valence-corrected chi connectivity index (χ4v) is 5.52. The summed E-state index contributed by atoms with van der Waals surface area (Å²) in [5.41, 5.74) is -1.29. The van der Waals surface area contributed by atoms with Gasteiger partial charge in [-0.25, -0.2) is 4.98 Å². The highest BCUT2D eigenvalue weighted by atomic mass is 35.5. The first-order chi connectivity index (χ1) is 16.6. The predicted molar refractivity (Wildman–Crippen MR) is 119 cm³/mol. The van der Waals surface area contributed by atoms with Crippen LogP contribution in [0.1, 0.15) is 66.1 Å². The Balaban J connectivity index is 1.44. The van der Waals surface area contributed by atoms with Crippen LogP contribution in [0.25, 0.3) is 5.65 Å². The summed E-state index contributed by atoms with van der Waals surface area (Å²) in [7, 11) is 0. The zero-order valence-electron chi connectivity index (χ0n) is 18.8. The van der Waals surface area contributed by atoms with Crippen molar-refractivity contribution in [3.63, 3.8) is 0 Å². The Morgan fingerprint density at radius 1 is 1.17 bits per heavy atom. The lowest BCUT2D eigenvalue weighted by Crippen LogP contribution is -2.62. The first-order valence-electron chi connectivity index (χ1n) is 11.8. The van der Waals surface area contributed by atoms with Crippen molar-refractivity contribution in [1.29, 1.82) is 0 Å². The van der Waals surface area contributed by atoms with Gasteiger partial charge >= 0.3 is 6.18 Å². The number of hydrogen-bond donors (Lipinski definition) is 2. The van der Waals surface area contributed by atoms with Crippen molar-refractivity contribution in [2.24, 2.45) is 0 Å². The summed E-state index contributed by atoms with van der Waals surface area (Å²) in [6.45, 7) is -0.668. The molecule has 1 atom stereocenters. The third-order valence-corrected chi connectivity index (χ3v) is 7.60. The summed E-state index contributed by atoms with van der Waals surface area (Å²) in [6.07, 6.45) is 0.275. The monoisotopic (exact) mass is 514 g/mol. The zero-order valence-corrected chi connectivity index (χ0v) is 19.6. The fraction of sp³-hybridized carbons (Fsp3) is 0.609. The average molecular weight is 515 g/mol. The molecule has 0 aromatic carbocycles. The molecule has 12 heteroatoms. The maximum Gasteiger partial charge on any atom is 0.419 e. The Morgan fingerprint density at radius 3 is 2.46 bits per heavy atom. The molecule has 0 spiro atoms. The molecule has 2 N–H and O–H groups in total. The van der Waals surface area contributed by atoms with E-state index in [2.05, 4.69) is 4.98 Å². The quantitative estimate of drug-likeness (QED) is 0.654. The number of carbonyl (C=O) groups is 2. The van der Waals surface area contributed by atoms with Gasteiger partial charge in [-0.3, -0.25) is 14.0 Å². The van der Waals surface area contributed by atoms with Gasteiger partial charge in [-0.15, -0.1) is 0 Å². The molecule has 2 aromatic heterocycles. The molecule has 8 nitrogen and oxygen atoms in total. The molecule has 35 heavy (non-hydrogen) atoms. The molecular weight excluding hydrogens is 489 g/mol. The number of carbonyl (C=O) groups excluding carboxylic acids is 2. The van der Waals surface area contributed by atoms with Crippen LogP contribution in [-0.2, 0) is 11.0 Å². The minimum absolute atomic E-state index is 0.00375. The van der Waals surface area contributed by atoms with Crippen LogP contribution >= 0.6 is 11.6 Å². The first-order valence-corrected chi connectivity index (χ1v) is 12.1. The van der Waals surface area contributed by atoms with Crippen LogP contribution in [0.15, 0.2) is 12.3 Å². The van der Waals surface area contributed by atoms with Crippen LogP contribution in [0.3, 0.4) is 0 Å². The van der Waals surface area contributed by atoms with Crippen molar-refractivity contribution in [2.75, 3.05) is 19.7 Å². The molecule has 5 rings (SSSR count). The number of halogens is 4. The molecule has 2 aliphatic carbocycles. The molecule has 1 unspecified atom stereocenters. The van der Waals surface area contributed by atoms with Crippen molar-refractivity contribution < 1.29 is 33.0 Å². The van der Waals surface area contributed by atoms with Gasteiger partial charge in [-0.2, -0.15) is 13.2 Å². The number of imidazole rings is 1. The van der Waals surface area contributed by atoms with Crippen LogP contribution < -0.4 is 0 Å². The Morgan fingerprint density at radius 2 is 1.86 bits per heavy atom. The maximum absolute atomic E-state index is 13.8. The van der Waals surface area contributed by atoms with Gasteiger partial charge in [0.05, 0.1) is 24.3 Å². The van der Waals surface area contributed by atoms with Crippen molar-refractivity contribution in [1.82, 2.24) is 19.2 Å². The lowest BCUT2D eigenvalue weighted by Gasteiger charge is -2.45. The number of pyridine rings is 1. The molecule has 3 aliphatic rings. The SMILES string of the molecule is O=C(c1nc2c(C(F)(F)F)cc(C3CC3)cn2c1Cl)N1CC(=O)N(C2CCC(O)CC2)C(CO)C1. The van der Waals surface area contributed by atoms with Crippen molar-refractivity contribution in [2.45, 2.75) is 68.8 Å². The molecule has 2 aromatic rings. The summed E-state index contributed by atoms with van der Waals surface area (Å²) in [6, 6.07) is 0.258. The molecule has 0 bridgehead atoms. The smallest absolute Gasteiger partial charge is 0.394 e. The van der Waals surface area contributed by atoms with Gasteiger partial charge in [0.15, 0.2) is 11.3 Å². The second-order valence-electron chi connectivity index (χ2n) is 9.69. The second kappa shape index (κ2) is 8.94. The number of aromatic nitrogens is 2. The predicted octanol–water partition coefficient (Wildman–Crippen LogP) is 2.83. The molecule has 1 saturated heterocycles. The standard InChI is InChI=1S/C23H26ClF3N4O4/c24-20-19(28-21-17(23(25,26)27)7-13(8-30(20)21)12-1-2-12)22(35)29-9-15(11-32)31(18(34)10-29)14-3-5-16(33)6-4-14/h7-8,12,14-16,32-33H,1-6,9-11H2. The summed E-state index contributed by atoms with van der Waals surface area (Å²) in [4.78, 5) is 33.1. The van der Waals surface area contributed by atoms with E-state index in [0.29, 0.717) is 31.2 Å². The molecule has 3 fully saturated rings. The van der Waals surface area contributed by atoms with E-state index in [-0.39, 0.29) is 48.4 Å². The zero-order chi connectivity index (χ0) is 25.1. The lowest BCUT2D eigenvalue weighted by atomic mass is 9.90. The first kappa shape index (κ1) is 24.3.